The van der Waals surface area contributed by atoms with Gasteiger partial charge in [-0.25, -0.2) is 0 Å². The van der Waals surface area contributed by atoms with Gasteiger partial charge < -0.3 is 14.0 Å². The molecular weight excluding hydrogens is 487 g/mol. The van der Waals surface area contributed by atoms with Gasteiger partial charge in [0.05, 0.1) is 9.47 Å². The standard InChI is InChI=1S/C34H47O3P/c1-22(2)18-23-19-24(32(3,4)5)12-15-27(23)35-30-20-25(33(6,7)8)13-16-28(30)36-31-21-26(34(9,10)11)14-17-29(31)37-38/h12-17,19-22H,18,38H2,1-11H3. The van der Waals surface area contributed by atoms with E-state index in [1.807, 2.05) is 12.1 Å². The minimum Gasteiger partial charge on any atom is -0.476 e. The van der Waals surface area contributed by atoms with Gasteiger partial charge in [-0.2, -0.15) is 0 Å². The van der Waals surface area contributed by atoms with Crippen LogP contribution in [0.5, 0.6) is 28.7 Å². The summed E-state index contributed by atoms with van der Waals surface area (Å²) in [4.78, 5) is 0. The lowest BCUT2D eigenvalue weighted by molar-refractivity contribution is 0.403. The van der Waals surface area contributed by atoms with Crippen LogP contribution in [0.4, 0.5) is 0 Å². The Balaban J connectivity index is 2.13. The van der Waals surface area contributed by atoms with Gasteiger partial charge in [0.1, 0.15) is 5.75 Å². The van der Waals surface area contributed by atoms with Gasteiger partial charge in [0.15, 0.2) is 23.0 Å². The first-order valence-corrected chi connectivity index (χ1v) is 14.1. The summed E-state index contributed by atoms with van der Waals surface area (Å²) in [5.74, 6) is 4.04. The zero-order chi connectivity index (χ0) is 28.5. The first-order chi connectivity index (χ1) is 17.5. The molecule has 0 aliphatic rings. The Labute approximate surface area is 233 Å². The quantitative estimate of drug-likeness (QED) is 0.282. The molecule has 206 valence electrons. The zero-order valence-electron chi connectivity index (χ0n) is 25.3. The largest absolute Gasteiger partial charge is 0.476 e. The Morgan fingerprint density at radius 1 is 0.553 bits per heavy atom. The van der Waals surface area contributed by atoms with E-state index in [0.29, 0.717) is 28.9 Å². The van der Waals surface area contributed by atoms with Gasteiger partial charge in [-0.05, 0) is 81.2 Å². The van der Waals surface area contributed by atoms with Crippen molar-refractivity contribution in [1.82, 2.24) is 0 Å². The molecule has 3 nitrogen and oxygen atoms in total. The van der Waals surface area contributed by atoms with E-state index in [1.165, 1.54) is 22.3 Å². The van der Waals surface area contributed by atoms with Crippen LogP contribution in [0.2, 0.25) is 0 Å². The van der Waals surface area contributed by atoms with Crippen molar-refractivity contribution in [3.8, 4) is 28.7 Å². The Morgan fingerprint density at radius 3 is 1.39 bits per heavy atom. The maximum absolute atomic E-state index is 6.72. The normalized spacial score (nSPS) is 12.6. The van der Waals surface area contributed by atoms with Crippen LogP contribution in [0, 0.1) is 5.92 Å². The lowest BCUT2D eigenvalue weighted by Crippen LogP contribution is -2.13. The summed E-state index contributed by atoms with van der Waals surface area (Å²) >= 11 is 0. The summed E-state index contributed by atoms with van der Waals surface area (Å²) in [7, 11) is 2.33. The summed E-state index contributed by atoms with van der Waals surface area (Å²) in [6, 6.07) is 18.9. The molecule has 38 heavy (non-hydrogen) atoms. The molecule has 0 fully saturated rings. The zero-order valence-corrected chi connectivity index (χ0v) is 26.4. The van der Waals surface area contributed by atoms with Crippen LogP contribution < -0.4 is 14.0 Å². The summed E-state index contributed by atoms with van der Waals surface area (Å²) in [5.41, 5.74) is 4.88. The first-order valence-electron chi connectivity index (χ1n) is 13.6. The highest BCUT2D eigenvalue weighted by molar-refractivity contribution is 7.10. The van der Waals surface area contributed by atoms with Crippen molar-refractivity contribution in [2.24, 2.45) is 5.92 Å². The second-order valence-electron chi connectivity index (χ2n) is 13.8. The van der Waals surface area contributed by atoms with Crippen molar-refractivity contribution in [3.63, 3.8) is 0 Å². The second kappa shape index (κ2) is 11.3. The van der Waals surface area contributed by atoms with E-state index in [-0.39, 0.29) is 16.2 Å². The van der Waals surface area contributed by atoms with E-state index in [0.717, 1.165) is 12.2 Å². The van der Waals surface area contributed by atoms with E-state index in [1.54, 1.807) is 0 Å². The molecule has 3 rings (SSSR count). The highest BCUT2D eigenvalue weighted by Gasteiger charge is 2.22. The van der Waals surface area contributed by atoms with Crippen molar-refractivity contribution >= 4 is 9.47 Å². The minimum atomic E-state index is -0.0338. The molecule has 0 amide bonds. The summed E-state index contributed by atoms with van der Waals surface area (Å²) in [5, 5.41) is 0. The van der Waals surface area contributed by atoms with Gasteiger partial charge in [-0.3, -0.25) is 0 Å². The van der Waals surface area contributed by atoms with Crippen molar-refractivity contribution in [3.05, 3.63) is 76.9 Å². The lowest BCUT2D eigenvalue weighted by atomic mass is 9.85. The number of rotatable bonds is 7. The molecule has 0 heterocycles. The summed E-state index contributed by atoms with van der Waals surface area (Å²) in [6.45, 7) is 24.4. The van der Waals surface area contributed by atoms with Crippen molar-refractivity contribution in [2.75, 3.05) is 0 Å². The molecule has 0 saturated heterocycles. The molecule has 0 aromatic heterocycles. The first kappa shape index (κ1) is 30.0. The molecule has 0 aliphatic heterocycles. The topological polar surface area (TPSA) is 27.7 Å². The SMILES string of the molecule is CC(C)Cc1cc(C(C)(C)C)ccc1Oc1cc(C(C)(C)C)ccc1Oc1cc(C(C)(C)C)ccc1OP. The maximum atomic E-state index is 6.72. The smallest absolute Gasteiger partial charge is 0.170 e. The van der Waals surface area contributed by atoms with Crippen molar-refractivity contribution < 1.29 is 14.0 Å². The molecule has 3 aromatic rings. The lowest BCUT2D eigenvalue weighted by Gasteiger charge is -2.24. The van der Waals surface area contributed by atoms with Crippen molar-refractivity contribution in [2.45, 2.75) is 98.8 Å². The van der Waals surface area contributed by atoms with Gasteiger partial charge >= 0.3 is 0 Å². The number of ether oxygens (including phenoxy) is 2. The van der Waals surface area contributed by atoms with Gasteiger partial charge in [0.2, 0.25) is 0 Å². The Morgan fingerprint density at radius 2 is 0.947 bits per heavy atom. The molecule has 1 unspecified atom stereocenters. The predicted octanol–water partition coefficient (Wildman–Crippen LogP) is 10.5. The van der Waals surface area contributed by atoms with Crippen LogP contribution >= 0.6 is 9.47 Å². The molecule has 0 bridgehead atoms. The second-order valence-corrected chi connectivity index (χ2v) is 14.1. The monoisotopic (exact) mass is 534 g/mol. The van der Waals surface area contributed by atoms with Crippen molar-refractivity contribution in [1.29, 1.82) is 0 Å². The number of benzene rings is 3. The Kier molecular flexibility index (Phi) is 8.94. The van der Waals surface area contributed by atoms with E-state index < -0.39 is 0 Å². The molecule has 0 spiro atoms. The summed E-state index contributed by atoms with van der Waals surface area (Å²) < 4.78 is 18.8. The van der Waals surface area contributed by atoms with Gasteiger partial charge in [-0.15, -0.1) is 0 Å². The third kappa shape index (κ3) is 7.54. The third-order valence-corrected chi connectivity index (χ3v) is 6.99. The molecule has 0 aliphatic carbocycles. The van der Waals surface area contributed by atoms with Gasteiger partial charge in [0, 0.05) is 0 Å². The predicted molar refractivity (Wildman–Crippen MR) is 164 cm³/mol. The highest BCUT2D eigenvalue weighted by Crippen LogP contribution is 2.43. The van der Waals surface area contributed by atoms with Crippen LogP contribution in [-0.4, -0.2) is 0 Å². The maximum Gasteiger partial charge on any atom is 0.170 e. The van der Waals surface area contributed by atoms with E-state index >= 15 is 0 Å². The van der Waals surface area contributed by atoms with Crippen LogP contribution in [0.15, 0.2) is 54.6 Å². The molecule has 0 N–H and O–H groups in total. The fourth-order valence-corrected chi connectivity index (χ4v) is 4.47. The van der Waals surface area contributed by atoms with Crippen LogP contribution in [0.1, 0.15) is 98.4 Å². The molecule has 0 radical (unpaired) electrons. The summed E-state index contributed by atoms with van der Waals surface area (Å²) in [6.07, 6.45) is 0.938. The van der Waals surface area contributed by atoms with E-state index in [9.17, 15) is 0 Å². The van der Waals surface area contributed by atoms with Crippen LogP contribution in [0.25, 0.3) is 0 Å². The Hall–Kier alpha value is -2.51. The van der Waals surface area contributed by atoms with Crippen LogP contribution in [0.3, 0.4) is 0 Å². The highest BCUT2D eigenvalue weighted by atomic mass is 31.0. The van der Waals surface area contributed by atoms with Gasteiger partial charge in [0.25, 0.3) is 0 Å². The molecule has 0 saturated carbocycles. The Bertz CT molecular complexity index is 1250. The number of hydrogen-bond donors (Lipinski definition) is 0. The molecular formula is C34H47O3P. The fourth-order valence-electron chi connectivity index (χ4n) is 4.27. The van der Waals surface area contributed by atoms with Crippen LogP contribution in [-0.2, 0) is 22.7 Å². The van der Waals surface area contributed by atoms with Gasteiger partial charge in [-0.1, -0.05) is 100 Å². The molecule has 4 heteroatoms. The molecule has 3 aromatic carbocycles. The average molecular weight is 535 g/mol. The van der Waals surface area contributed by atoms with E-state index in [4.69, 9.17) is 14.0 Å². The minimum absolute atomic E-state index is 0.0203. The van der Waals surface area contributed by atoms with E-state index in [2.05, 4.69) is 128 Å². The molecule has 1 atom stereocenters. The third-order valence-electron chi connectivity index (χ3n) is 6.74. The number of hydrogen-bond acceptors (Lipinski definition) is 3. The fraction of sp³-hybridized carbons (Fsp3) is 0.471. The average Bonchev–Trinajstić information content (AvgIpc) is 2.78.